The zero-order valence-electron chi connectivity index (χ0n) is 29.1. The van der Waals surface area contributed by atoms with Gasteiger partial charge >= 0.3 is 0 Å². The first-order valence-corrected chi connectivity index (χ1v) is 18.5. The van der Waals surface area contributed by atoms with Crippen LogP contribution in [0.5, 0.6) is 0 Å². The number of rotatable bonds is 3. The Kier molecular flexibility index (Phi) is 6.09. The molecule has 2 heteroatoms. The fourth-order valence-corrected chi connectivity index (χ4v) is 9.01. The van der Waals surface area contributed by atoms with E-state index in [0.29, 0.717) is 0 Å². The molecule has 0 atom stereocenters. The lowest BCUT2D eigenvalue weighted by molar-refractivity contribution is 0.658. The summed E-state index contributed by atoms with van der Waals surface area (Å²) >= 11 is 0. The molecule has 0 saturated carbocycles. The maximum absolute atomic E-state index is 6.81. The first-order valence-electron chi connectivity index (χ1n) is 18.5. The lowest BCUT2D eigenvalue weighted by atomic mass is 9.84. The molecule has 2 nitrogen and oxygen atoms in total. The minimum absolute atomic E-state index is 0.843. The quantitative estimate of drug-likeness (QED) is 0.173. The normalized spacial score (nSPS) is 12.1. The number of fused-ring (bicyclic) bond motifs is 10. The van der Waals surface area contributed by atoms with E-state index in [1.54, 1.807) is 0 Å². The predicted octanol–water partition coefficient (Wildman–Crippen LogP) is 15.1. The molecule has 0 bridgehead atoms. The molecule has 0 amide bonds. The van der Waals surface area contributed by atoms with E-state index in [2.05, 4.69) is 170 Å². The number of para-hydroxylation sites is 1. The highest BCUT2D eigenvalue weighted by Gasteiger charge is 2.23. The van der Waals surface area contributed by atoms with Gasteiger partial charge in [0.1, 0.15) is 22.3 Å². The molecule has 12 aromatic rings. The predicted molar refractivity (Wildman–Crippen MR) is 227 cm³/mol. The summed E-state index contributed by atoms with van der Waals surface area (Å²) in [7, 11) is 0. The van der Waals surface area contributed by atoms with Gasteiger partial charge in [0.05, 0.1) is 5.56 Å². The van der Waals surface area contributed by atoms with Gasteiger partial charge in [-0.2, -0.15) is 0 Å². The van der Waals surface area contributed by atoms with Gasteiger partial charge in [-0.25, -0.2) is 0 Å². The van der Waals surface area contributed by atoms with Crippen LogP contribution in [0.3, 0.4) is 0 Å². The molecule has 54 heavy (non-hydrogen) atoms. The Morgan fingerprint density at radius 1 is 0.259 bits per heavy atom. The summed E-state index contributed by atoms with van der Waals surface area (Å²) in [6.07, 6.45) is 0. The summed E-state index contributed by atoms with van der Waals surface area (Å²) in [4.78, 5) is 0. The maximum Gasteiger partial charge on any atom is 0.147 e. The van der Waals surface area contributed by atoms with Gasteiger partial charge in [0, 0.05) is 21.5 Å². The van der Waals surface area contributed by atoms with Crippen LogP contribution in [0.15, 0.2) is 191 Å². The van der Waals surface area contributed by atoms with Crippen LogP contribution >= 0.6 is 0 Å². The SMILES string of the molecule is c1ccc2cc3c(cc2c1)oc1c(-c2ccc(-c4c5ccccc5c(-c5cccc6ccccc56)c5ccccc45)cc2)c2oc4ccccc4c2cc13. The Hall–Kier alpha value is -7.16. The van der Waals surface area contributed by atoms with Crippen molar-refractivity contribution in [3.8, 4) is 33.4 Å². The molecule has 0 unspecified atom stereocenters. The van der Waals surface area contributed by atoms with Crippen molar-refractivity contribution in [3.05, 3.63) is 182 Å². The molecule has 2 aromatic heterocycles. The van der Waals surface area contributed by atoms with Crippen LogP contribution in [0.25, 0.3) is 120 Å². The van der Waals surface area contributed by atoms with E-state index in [4.69, 9.17) is 8.83 Å². The summed E-state index contributed by atoms with van der Waals surface area (Å²) < 4.78 is 13.5. The molecule has 0 aliphatic rings. The molecule has 2 heterocycles. The summed E-state index contributed by atoms with van der Waals surface area (Å²) in [5, 5.41) is 14.2. The highest BCUT2D eigenvalue weighted by Crippen LogP contribution is 2.48. The first kappa shape index (κ1) is 29.4. The van der Waals surface area contributed by atoms with E-state index >= 15 is 0 Å². The zero-order chi connectivity index (χ0) is 35.3. The molecule has 0 N–H and O–H groups in total. The van der Waals surface area contributed by atoms with Crippen LogP contribution < -0.4 is 0 Å². The molecule has 0 radical (unpaired) electrons. The van der Waals surface area contributed by atoms with Crippen molar-refractivity contribution in [2.75, 3.05) is 0 Å². The number of benzene rings is 10. The molecule has 0 fully saturated rings. The van der Waals surface area contributed by atoms with Crippen molar-refractivity contribution in [2.24, 2.45) is 0 Å². The molecule has 10 aromatic carbocycles. The first-order chi connectivity index (χ1) is 26.8. The van der Waals surface area contributed by atoms with Crippen LogP contribution in [0.4, 0.5) is 0 Å². The van der Waals surface area contributed by atoms with Crippen LogP contribution in [0, 0.1) is 0 Å². The van der Waals surface area contributed by atoms with Crippen molar-refractivity contribution >= 4 is 87.0 Å². The molecule has 0 aliphatic heterocycles. The van der Waals surface area contributed by atoms with E-state index in [1.807, 2.05) is 12.1 Å². The zero-order valence-corrected chi connectivity index (χ0v) is 29.1. The van der Waals surface area contributed by atoms with Gasteiger partial charge in [-0.05, 0) is 95.2 Å². The van der Waals surface area contributed by atoms with Gasteiger partial charge in [0.25, 0.3) is 0 Å². The Balaban J connectivity index is 1.11. The standard InChI is InChI=1S/C52H30O2/c1-2-14-35-29-47-43(28-34(35)13-1)45-30-44-37-17-9-10-23-46(37)53-51(44)49(52(45)54-47)33-26-24-32(25-27-33)48-39-18-5-7-20-41(39)50(42-21-8-6-19-40(42)48)38-22-11-15-31-12-3-4-16-36(31)38/h1-30H. The largest absolute Gasteiger partial charge is 0.455 e. The monoisotopic (exact) mass is 686 g/mol. The third-order valence-corrected chi connectivity index (χ3v) is 11.4. The summed E-state index contributed by atoms with van der Waals surface area (Å²) in [6.45, 7) is 0. The average molecular weight is 687 g/mol. The Bertz CT molecular complexity index is 3430. The molecular weight excluding hydrogens is 657 g/mol. The minimum atomic E-state index is 0.843. The second kappa shape index (κ2) is 11.2. The summed E-state index contributed by atoms with van der Waals surface area (Å²) in [6, 6.07) is 65.6. The molecule has 0 saturated heterocycles. The van der Waals surface area contributed by atoms with Crippen LogP contribution in [-0.2, 0) is 0 Å². The van der Waals surface area contributed by atoms with Crippen molar-refractivity contribution in [1.29, 1.82) is 0 Å². The number of hydrogen-bond donors (Lipinski definition) is 0. The van der Waals surface area contributed by atoms with E-state index in [1.165, 1.54) is 60.0 Å². The Morgan fingerprint density at radius 3 is 1.43 bits per heavy atom. The van der Waals surface area contributed by atoms with Gasteiger partial charge in [0.15, 0.2) is 0 Å². The Labute approximate surface area is 310 Å². The van der Waals surface area contributed by atoms with Gasteiger partial charge in [-0.3, -0.25) is 0 Å². The molecule has 0 aliphatic carbocycles. The van der Waals surface area contributed by atoms with Gasteiger partial charge in [-0.1, -0.05) is 158 Å². The molecule has 250 valence electrons. The smallest absolute Gasteiger partial charge is 0.147 e. The van der Waals surface area contributed by atoms with Gasteiger partial charge in [-0.15, -0.1) is 0 Å². The van der Waals surface area contributed by atoms with Gasteiger partial charge < -0.3 is 8.83 Å². The molecule has 12 rings (SSSR count). The maximum atomic E-state index is 6.81. The third-order valence-electron chi connectivity index (χ3n) is 11.4. The number of furan rings is 2. The highest BCUT2D eigenvalue weighted by atomic mass is 16.3. The van der Waals surface area contributed by atoms with Crippen molar-refractivity contribution in [3.63, 3.8) is 0 Å². The topological polar surface area (TPSA) is 26.3 Å². The average Bonchev–Trinajstić information content (AvgIpc) is 3.78. The molecular formula is C52H30O2. The Morgan fingerprint density at radius 2 is 0.741 bits per heavy atom. The van der Waals surface area contributed by atoms with E-state index in [0.717, 1.165) is 60.4 Å². The van der Waals surface area contributed by atoms with Crippen molar-refractivity contribution < 1.29 is 8.83 Å². The fourth-order valence-electron chi connectivity index (χ4n) is 9.01. The lowest BCUT2D eigenvalue weighted by Gasteiger charge is -2.19. The van der Waals surface area contributed by atoms with Crippen LogP contribution in [-0.4, -0.2) is 0 Å². The van der Waals surface area contributed by atoms with Crippen LogP contribution in [0.1, 0.15) is 0 Å². The second-order valence-electron chi connectivity index (χ2n) is 14.3. The summed E-state index contributed by atoms with van der Waals surface area (Å²) in [5.41, 5.74) is 10.4. The second-order valence-corrected chi connectivity index (χ2v) is 14.3. The highest BCUT2D eigenvalue weighted by molar-refractivity contribution is 6.25. The number of hydrogen-bond acceptors (Lipinski definition) is 2. The minimum Gasteiger partial charge on any atom is -0.455 e. The lowest BCUT2D eigenvalue weighted by Crippen LogP contribution is -1.91. The van der Waals surface area contributed by atoms with E-state index in [-0.39, 0.29) is 0 Å². The van der Waals surface area contributed by atoms with E-state index < -0.39 is 0 Å². The van der Waals surface area contributed by atoms with E-state index in [9.17, 15) is 0 Å². The van der Waals surface area contributed by atoms with Crippen LogP contribution in [0.2, 0.25) is 0 Å². The van der Waals surface area contributed by atoms with Crippen molar-refractivity contribution in [2.45, 2.75) is 0 Å². The summed E-state index contributed by atoms with van der Waals surface area (Å²) in [5.74, 6) is 0. The van der Waals surface area contributed by atoms with Gasteiger partial charge in [0.2, 0.25) is 0 Å². The fraction of sp³-hybridized carbons (Fsp3) is 0. The van der Waals surface area contributed by atoms with Crippen molar-refractivity contribution in [1.82, 2.24) is 0 Å². The third kappa shape index (κ3) is 4.17. The molecule has 0 spiro atoms.